The Bertz CT molecular complexity index is 119. The highest BCUT2D eigenvalue weighted by Crippen LogP contribution is 2.17. The van der Waals surface area contributed by atoms with Crippen LogP contribution < -0.4 is 11.1 Å². The van der Waals surface area contributed by atoms with Crippen LogP contribution in [0.25, 0.3) is 0 Å². The first-order valence-electron chi connectivity index (χ1n) is 3.77. The van der Waals surface area contributed by atoms with Gasteiger partial charge in [-0.1, -0.05) is 12.8 Å². The SMILES string of the molecule is [NH]CC(=O)NC1CCCC1. The molecule has 1 amide bonds. The molecule has 0 unspecified atom stereocenters. The maximum absolute atomic E-state index is 10.7. The van der Waals surface area contributed by atoms with Gasteiger partial charge in [-0.05, 0) is 12.8 Å². The molecule has 1 aliphatic rings. The van der Waals surface area contributed by atoms with E-state index in [4.69, 9.17) is 5.73 Å². The molecule has 10 heavy (non-hydrogen) atoms. The Morgan fingerprint density at radius 3 is 2.60 bits per heavy atom. The molecule has 0 saturated heterocycles. The lowest BCUT2D eigenvalue weighted by atomic mass is 10.2. The zero-order valence-electron chi connectivity index (χ0n) is 6.02. The first-order valence-corrected chi connectivity index (χ1v) is 3.77. The maximum atomic E-state index is 10.7. The van der Waals surface area contributed by atoms with Gasteiger partial charge in [0.15, 0.2) is 0 Å². The molecule has 1 saturated carbocycles. The summed E-state index contributed by atoms with van der Waals surface area (Å²) in [7, 11) is 0. The van der Waals surface area contributed by atoms with Crippen molar-refractivity contribution in [2.75, 3.05) is 6.54 Å². The molecular weight excluding hydrogens is 128 g/mol. The largest absolute Gasteiger partial charge is 0.352 e. The second kappa shape index (κ2) is 3.56. The third-order valence-electron chi connectivity index (χ3n) is 1.88. The molecule has 0 aromatic rings. The fourth-order valence-corrected chi connectivity index (χ4v) is 1.35. The van der Waals surface area contributed by atoms with Crippen LogP contribution in [-0.2, 0) is 4.79 Å². The second-order valence-electron chi connectivity index (χ2n) is 2.73. The van der Waals surface area contributed by atoms with Crippen molar-refractivity contribution in [1.82, 2.24) is 11.1 Å². The summed E-state index contributed by atoms with van der Waals surface area (Å²) in [6.45, 7) is -0.128. The van der Waals surface area contributed by atoms with Crippen molar-refractivity contribution >= 4 is 5.91 Å². The van der Waals surface area contributed by atoms with E-state index in [0.717, 1.165) is 12.8 Å². The number of hydrogen-bond donors (Lipinski definition) is 1. The molecule has 1 radical (unpaired) electrons. The summed E-state index contributed by atoms with van der Waals surface area (Å²) in [4.78, 5) is 10.7. The molecule has 1 aliphatic carbocycles. The molecule has 0 heterocycles. The van der Waals surface area contributed by atoms with E-state index in [2.05, 4.69) is 5.32 Å². The Hall–Kier alpha value is -0.570. The minimum Gasteiger partial charge on any atom is -0.352 e. The van der Waals surface area contributed by atoms with E-state index in [1.165, 1.54) is 12.8 Å². The first-order chi connectivity index (χ1) is 4.83. The maximum Gasteiger partial charge on any atom is 0.235 e. The summed E-state index contributed by atoms with van der Waals surface area (Å²) < 4.78 is 0. The summed E-state index contributed by atoms with van der Waals surface area (Å²) in [6.07, 6.45) is 4.66. The number of carbonyl (C=O) groups excluding carboxylic acids is 1. The van der Waals surface area contributed by atoms with Crippen LogP contribution in [0.3, 0.4) is 0 Å². The van der Waals surface area contributed by atoms with Crippen molar-refractivity contribution in [1.29, 1.82) is 0 Å². The highest BCUT2D eigenvalue weighted by Gasteiger charge is 2.15. The zero-order valence-corrected chi connectivity index (χ0v) is 6.02. The highest BCUT2D eigenvalue weighted by atomic mass is 16.1. The standard InChI is InChI=1S/C7H13N2O/c8-5-7(10)9-6-3-1-2-4-6/h6,8H,1-5H2,(H,9,10). The lowest BCUT2D eigenvalue weighted by Gasteiger charge is -2.09. The van der Waals surface area contributed by atoms with Gasteiger partial charge in [-0.2, -0.15) is 0 Å². The minimum atomic E-state index is -0.132. The van der Waals surface area contributed by atoms with E-state index in [0.29, 0.717) is 6.04 Å². The molecule has 57 valence electrons. The Morgan fingerprint density at radius 2 is 2.10 bits per heavy atom. The van der Waals surface area contributed by atoms with Gasteiger partial charge in [0.25, 0.3) is 0 Å². The van der Waals surface area contributed by atoms with Crippen LogP contribution in [0.4, 0.5) is 0 Å². The lowest BCUT2D eigenvalue weighted by molar-refractivity contribution is -0.120. The van der Waals surface area contributed by atoms with Gasteiger partial charge < -0.3 is 5.32 Å². The van der Waals surface area contributed by atoms with Crippen LogP contribution in [0.5, 0.6) is 0 Å². The normalized spacial score (nSPS) is 19.3. The van der Waals surface area contributed by atoms with Crippen molar-refractivity contribution in [3.63, 3.8) is 0 Å². The quantitative estimate of drug-likeness (QED) is 0.592. The molecule has 0 spiro atoms. The van der Waals surface area contributed by atoms with Crippen molar-refractivity contribution in [3.05, 3.63) is 0 Å². The van der Waals surface area contributed by atoms with E-state index >= 15 is 0 Å². The molecule has 0 aliphatic heterocycles. The minimum absolute atomic E-state index is 0.128. The van der Waals surface area contributed by atoms with Gasteiger partial charge in [0.2, 0.25) is 5.91 Å². The summed E-state index contributed by atoms with van der Waals surface area (Å²) in [5.41, 5.74) is 6.76. The van der Waals surface area contributed by atoms with Gasteiger partial charge in [0, 0.05) is 6.04 Å². The molecule has 0 aromatic carbocycles. The van der Waals surface area contributed by atoms with Crippen LogP contribution in [0, 0.1) is 0 Å². The number of hydrogen-bond acceptors (Lipinski definition) is 1. The van der Waals surface area contributed by atoms with Gasteiger partial charge in [-0.25, -0.2) is 5.73 Å². The molecule has 3 nitrogen and oxygen atoms in total. The second-order valence-corrected chi connectivity index (χ2v) is 2.73. The van der Waals surface area contributed by atoms with Crippen LogP contribution in [-0.4, -0.2) is 18.5 Å². The Kier molecular flexibility index (Phi) is 2.68. The van der Waals surface area contributed by atoms with E-state index in [1.54, 1.807) is 0 Å². The third-order valence-corrected chi connectivity index (χ3v) is 1.88. The van der Waals surface area contributed by atoms with Gasteiger partial charge in [-0.15, -0.1) is 0 Å². The average molecular weight is 141 g/mol. The molecule has 1 rings (SSSR count). The number of carbonyl (C=O) groups is 1. The van der Waals surface area contributed by atoms with Crippen LogP contribution in [0.1, 0.15) is 25.7 Å². The van der Waals surface area contributed by atoms with Gasteiger partial charge >= 0.3 is 0 Å². The Morgan fingerprint density at radius 1 is 1.50 bits per heavy atom. The summed E-state index contributed by atoms with van der Waals surface area (Å²) >= 11 is 0. The van der Waals surface area contributed by atoms with Gasteiger partial charge in [-0.3, -0.25) is 4.79 Å². The summed E-state index contributed by atoms with van der Waals surface area (Å²) in [5.74, 6) is -0.132. The highest BCUT2D eigenvalue weighted by molar-refractivity contribution is 5.77. The monoisotopic (exact) mass is 141 g/mol. The van der Waals surface area contributed by atoms with E-state index in [-0.39, 0.29) is 12.5 Å². The number of amides is 1. The molecule has 3 heteroatoms. The summed E-state index contributed by atoms with van der Waals surface area (Å²) in [5, 5.41) is 2.80. The molecule has 0 aromatic heterocycles. The predicted molar refractivity (Wildman–Crippen MR) is 38.4 cm³/mol. The van der Waals surface area contributed by atoms with Crippen molar-refractivity contribution in [2.24, 2.45) is 0 Å². The summed E-state index contributed by atoms with van der Waals surface area (Å²) in [6, 6.07) is 0.373. The number of rotatable bonds is 2. The van der Waals surface area contributed by atoms with Gasteiger partial charge in [0.05, 0.1) is 6.54 Å². The molecule has 0 bridgehead atoms. The van der Waals surface area contributed by atoms with E-state index < -0.39 is 0 Å². The average Bonchev–Trinajstić information content (AvgIpc) is 2.40. The Balaban J connectivity index is 2.17. The fourth-order valence-electron chi connectivity index (χ4n) is 1.35. The van der Waals surface area contributed by atoms with E-state index in [1.807, 2.05) is 0 Å². The Labute approximate surface area is 61.0 Å². The smallest absolute Gasteiger partial charge is 0.235 e. The predicted octanol–water partition coefficient (Wildman–Crippen LogP) is 0.328. The van der Waals surface area contributed by atoms with Crippen LogP contribution in [0.15, 0.2) is 0 Å². The van der Waals surface area contributed by atoms with Crippen molar-refractivity contribution in [2.45, 2.75) is 31.7 Å². The number of nitrogens with one attached hydrogen (secondary N) is 2. The van der Waals surface area contributed by atoms with E-state index in [9.17, 15) is 4.79 Å². The molecule has 0 atom stereocenters. The van der Waals surface area contributed by atoms with Crippen LogP contribution in [0.2, 0.25) is 0 Å². The van der Waals surface area contributed by atoms with Gasteiger partial charge in [0.1, 0.15) is 0 Å². The zero-order chi connectivity index (χ0) is 7.40. The van der Waals surface area contributed by atoms with Crippen molar-refractivity contribution < 1.29 is 4.79 Å². The van der Waals surface area contributed by atoms with Crippen LogP contribution >= 0.6 is 0 Å². The lowest BCUT2D eigenvalue weighted by Crippen LogP contribution is -2.34. The topological polar surface area (TPSA) is 52.9 Å². The molecule has 2 N–H and O–H groups in total. The fraction of sp³-hybridized carbons (Fsp3) is 0.857. The first kappa shape index (κ1) is 7.54. The van der Waals surface area contributed by atoms with Crippen molar-refractivity contribution in [3.8, 4) is 0 Å². The molecular formula is C7H13N2O. The molecule has 1 fully saturated rings. The third kappa shape index (κ3) is 1.99.